The second-order valence-electron chi connectivity index (χ2n) is 7.83. The number of terminal acetylenes is 1. The van der Waals surface area contributed by atoms with Gasteiger partial charge in [0.05, 0.1) is 11.1 Å². The number of carbonyl (C=O) groups is 1. The maximum atomic E-state index is 12.9. The molecule has 0 bridgehead atoms. The summed E-state index contributed by atoms with van der Waals surface area (Å²) in [7, 11) is 0. The summed E-state index contributed by atoms with van der Waals surface area (Å²) in [6.07, 6.45) is 2.65. The van der Waals surface area contributed by atoms with E-state index in [-0.39, 0.29) is 17.5 Å². The van der Waals surface area contributed by atoms with Gasteiger partial charge in [0.15, 0.2) is 5.78 Å². The van der Waals surface area contributed by atoms with Crippen molar-refractivity contribution in [3.63, 3.8) is 0 Å². The van der Waals surface area contributed by atoms with Crippen molar-refractivity contribution in [2.45, 2.75) is 44.2 Å². The molecule has 0 aromatic heterocycles. The van der Waals surface area contributed by atoms with Crippen LogP contribution in [0.5, 0.6) is 0 Å². The molecule has 6 heteroatoms. The molecule has 0 radical (unpaired) electrons. The van der Waals surface area contributed by atoms with Crippen molar-refractivity contribution < 1.29 is 23.1 Å². The number of aliphatic hydroxyl groups excluding tert-OH is 1. The first-order valence-corrected chi connectivity index (χ1v) is 10.9. The molecule has 1 aliphatic carbocycles. The summed E-state index contributed by atoms with van der Waals surface area (Å²) in [5, 5.41) is 10.7. The fraction of sp³-hybridized carbons (Fsp3) is 0.320. The zero-order valence-electron chi connectivity index (χ0n) is 17.3. The molecule has 0 spiro atoms. The van der Waals surface area contributed by atoms with E-state index in [9.17, 15) is 23.1 Å². The number of rotatable bonds is 5. The Bertz CT molecular complexity index is 1060. The number of benzene rings is 2. The molecule has 0 saturated heterocycles. The fourth-order valence-corrected chi connectivity index (χ4v) is 4.97. The average Bonchev–Trinajstić information content (AvgIpc) is 2.68. The van der Waals surface area contributed by atoms with Crippen molar-refractivity contribution >= 4 is 23.1 Å². The lowest BCUT2D eigenvalue weighted by Crippen LogP contribution is -2.20. The zero-order valence-corrected chi connectivity index (χ0v) is 18.2. The van der Waals surface area contributed by atoms with E-state index in [1.807, 2.05) is 26.0 Å². The molecule has 0 saturated carbocycles. The van der Waals surface area contributed by atoms with Crippen molar-refractivity contribution in [1.29, 1.82) is 0 Å². The van der Waals surface area contributed by atoms with Gasteiger partial charge in [0.1, 0.15) is 5.76 Å². The van der Waals surface area contributed by atoms with E-state index in [1.54, 1.807) is 0 Å². The number of allylic oxidation sites excluding steroid dienone is 2. The van der Waals surface area contributed by atoms with Gasteiger partial charge in [-0.3, -0.25) is 4.79 Å². The summed E-state index contributed by atoms with van der Waals surface area (Å²) in [6, 6.07) is 8.83. The highest BCUT2D eigenvalue weighted by Crippen LogP contribution is 2.37. The molecule has 1 N–H and O–H groups in total. The molecular weight excluding hydrogens is 421 g/mol. The van der Waals surface area contributed by atoms with E-state index in [2.05, 4.69) is 5.92 Å². The lowest BCUT2D eigenvalue weighted by atomic mass is 9.80. The van der Waals surface area contributed by atoms with Gasteiger partial charge in [0, 0.05) is 28.9 Å². The SMILES string of the molecule is C#Cc1cc(C)cc(C)c1C1=C(O)CC(CCSc2ccc(C(F)(F)F)cc2)CC1=O. The first-order chi connectivity index (χ1) is 14.6. The summed E-state index contributed by atoms with van der Waals surface area (Å²) in [5.74, 6) is 3.18. The third-order valence-corrected chi connectivity index (χ3v) is 6.43. The van der Waals surface area contributed by atoms with Crippen LogP contribution in [0, 0.1) is 32.1 Å². The second-order valence-corrected chi connectivity index (χ2v) is 9.00. The maximum Gasteiger partial charge on any atom is 0.416 e. The summed E-state index contributed by atoms with van der Waals surface area (Å²) in [5.41, 5.74) is 2.74. The Morgan fingerprint density at radius 2 is 1.84 bits per heavy atom. The number of halogens is 3. The lowest BCUT2D eigenvalue weighted by molar-refractivity contribution is -0.137. The van der Waals surface area contributed by atoms with Crippen molar-refractivity contribution in [3.05, 3.63) is 70.0 Å². The second kappa shape index (κ2) is 9.23. The normalized spacial score (nSPS) is 17.0. The molecule has 162 valence electrons. The van der Waals surface area contributed by atoms with Gasteiger partial charge in [-0.1, -0.05) is 12.0 Å². The Morgan fingerprint density at radius 1 is 1.16 bits per heavy atom. The quantitative estimate of drug-likeness (QED) is 0.410. The van der Waals surface area contributed by atoms with Gasteiger partial charge in [-0.25, -0.2) is 0 Å². The van der Waals surface area contributed by atoms with Crippen molar-refractivity contribution in [3.8, 4) is 12.3 Å². The van der Waals surface area contributed by atoms with Crippen molar-refractivity contribution in [2.24, 2.45) is 5.92 Å². The van der Waals surface area contributed by atoms with Crippen LogP contribution in [0.25, 0.3) is 5.57 Å². The molecule has 2 aromatic carbocycles. The molecule has 31 heavy (non-hydrogen) atoms. The molecule has 1 aliphatic rings. The Balaban J connectivity index is 1.67. The highest BCUT2D eigenvalue weighted by Gasteiger charge is 2.31. The van der Waals surface area contributed by atoms with E-state index >= 15 is 0 Å². The highest BCUT2D eigenvalue weighted by atomic mass is 32.2. The van der Waals surface area contributed by atoms with E-state index in [0.29, 0.717) is 41.7 Å². The molecular formula is C25H23F3O2S. The molecule has 1 atom stereocenters. The summed E-state index contributed by atoms with van der Waals surface area (Å²) in [6.45, 7) is 3.81. The minimum atomic E-state index is -4.34. The lowest BCUT2D eigenvalue weighted by Gasteiger charge is -2.25. The van der Waals surface area contributed by atoms with Crippen LogP contribution in [-0.4, -0.2) is 16.6 Å². The van der Waals surface area contributed by atoms with Gasteiger partial charge < -0.3 is 5.11 Å². The number of aliphatic hydroxyl groups is 1. The van der Waals surface area contributed by atoms with Crippen LogP contribution in [0.4, 0.5) is 13.2 Å². The first kappa shape index (κ1) is 23.0. The smallest absolute Gasteiger partial charge is 0.416 e. The van der Waals surface area contributed by atoms with Crippen LogP contribution in [0.3, 0.4) is 0 Å². The summed E-state index contributed by atoms with van der Waals surface area (Å²) >= 11 is 1.44. The monoisotopic (exact) mass is 444 g/mol. The standard InChI is InChI=1S/C25H23F3O2S/c1-4-18-12-15(2)11-16(3)23(18)24-21(29)13-17(14-22(24)30)9-10-31-20-7-5-19(6-8-20)25(26,27)28/h1,5-8,11-12,17,29H,9-10,13-14H2,2-3H3. The molecule has 1 unspecified atom stereocenters. The van der Waals surface area contributed by atoms with Crippen LogP contribution < -0.4 is 0 Å². The minimum Gasteiger partial charge on any atom is -0.512 e. The number of alkyl halides is 3. The van der Waals surface area contributed by atoms with Crippen LogP contribution in [0.1, 0.15) is 47.1 Å². The predicted molar refractivity (Wildman–Crippen MR) is 118 cm³/mol. The molecule has 0 amide bonds. The summed E-state index contributed by atoms with van der Waals surface area (Å²) < 4.78 is 38.0. The van der Waals surface area contributed by atoms with Gasteiger partial charge in [-0.2, -0.15) is 13.2 Å². The Labute approximate surface area is 184 Å². The van der Waals surface area contributed by atoms with Gasteiger partial charge in [-0.15, -0.1) is 18.2 Å². The molecule has 2 aromatic rings. The Morgan fingerprint density at radius 3 is 2.42 bits per heavy atom. The van der Waals surface area contributed by atoms with Gasteiger partial charge in [0.2, 0.25) is 0 Å². The number of Topliss-reactive ketones (excluding diaryl/α,β-unsaturated/α-hetero) is 1. The number of thioether (sulfide) groups is 1. The fourth-order valence-electron chi connectivity index (χ4n) is 3.96. The van der Waals surface area contributed by atoms with Gasteiger partial charge in [0.25, 0.3) is 0 Å². The van der Waals surface area contributed by atoms with Gasteiger partial charge in [-0.05, 0) is 73.4 Å². The molecule has 0 fully saturated rings. The third kappa shape index (κ3) is 5.34. The summed E-state index contributed by atoms with van der Waals surface area (Å²) in [4.78, 5) is 13.6. The molecule has 2 nitrogen and oxygen atoms in total. The van der Waals surface area contributed by atoms with Crippen LogP contribution in [0.15, 0.2) is 47.1 Å². The van der Waals surface area contributed by atoms with E-state index < -0.39 is 11.7 Å². The zero-order chi connectivity index (χ0) is 22.8. The number of hydrogen-bond acceptors (Lipinski definition) is 3. The topological polar surface area (TPSA) is 37.3 Å². The van der Waals surface area contributed by atoms with Crippen molar-refractivity contribution in [1.82, 2.24) is 0 Å². The number of ketones is 1. The van der Waals surface area contributed by atoms with Crippen LogP contribution in [-0.2, 0) is 11.0 Å². The van der Waals surface area contributed by atoms with E-state index in [4.69, 9.17) is 6.42 Å². The van der Waals surface area contributed by atoms with Crippen molar-refractivity contribution in [2.75, 3.05) is 5.75 Å². The number of aryl methyl sites for hydroxylation is 2. The Kier molecular flexibility index (Phi) is 6.86. The molecule has 0 aliphatic heterocycles. The predicted octanol–water partition coefficient (Wildman–Crippen LogP) is 6.73. The van der Waals surface area contributed by atoms with E-state index in [0.717, 1.165) is 28.2 Å². The molecule has 0 heterocycles. The first-order valence-electron chi connectivity index (χ1n) is 9.93. The molecule has 3 rings (SSSR count). The Hall–Kier alpha value is -2.65. The highest BCUT2D eigenvalue weighted by molar-refractivity contribution is 7.99. The maximum absolute atomic E-state index is 12.9. The third-order valence-electron chi connectivity index (χ3n) is 5.39. The number of carbonyl (C=O) groups excluding carboxylic acids is 1. The van der Waals surface area contributed by atoms with E-state index in [1.165, 1.54) is 23.9 Å². The van der Waals surface area contributed by atoms with Crippen LogP contribution >= 0.6 is 11.8 Å². The van der Waals surface area contributed by atoms with Crippen LogP contribution in [0.2, 0.25) is 0 Å². The largest absolute Gasteiger partial charge is 0.512 e. The minimum absolute atomic E-state index is 0.0155. The average molecular weight is 445 g/mol. The van der Waals surface area contributed by atoms with Gasteiger partial charge >= 0.3 is 6.18 Å². The number of hydrogen-bond donors (Lipinski definition) is 1.